The summed E-state index contributed by atoms with van der Waals surface area (Å²) < 4.78 is 10.4. The van der Waals surface area contributed by atoms with Crippen LogP contribution < -0.4 is 5.32 Å². The van der Waals surface area contributed by atoms with Crippen LogP contribution >= 0.6 is 0 Å². The molecule has 1 heterocycles. The molecule has 3 rings (SSSR count). The maximum Gasteiger partial charge on any atom is 0.337 e. The molecule has 1 aliphatic rings. The molecule has 0 saturated carbocycles. The lowest BCUT2D eigenvalue weighted by Gasteiger charge is -2.35. The molecule has 0 aromatic heterocycles. The van der Waals surface area contributed by atoms with E-state index in [1.807, 2.05) is 44.2 Å². The van der Waals surface area contributed by atoms with Gasteiger partial charge >= 0.3 is 12.0 Å². The van der Waals surface area contributed by atoms with Crippen LogP contribution in [0.3, 0.4) is 0 Å². The van der Waals surface area contributed by atoms with E-state index < -0.39 is 5.97 Å². The van der Waals surface area contributed by atoms with Crippen molar-refractivity contribution in [1.29, 1.82) is 0 Å². The summed E-state index contributed by atoms with van der Waals surface area (Å²) in [6.45, 7) is 5.04. The van der Waals surface area contributed by atoms with E-state index in [9.17, 15) is 9.59 Å². The fourth-order valence-corrected chi connectivity index (χ4v) is 3.21. The molecule has 6 nitrogen and oxygen atoms in total. The molecule has 0 spiro atoms. The Labute approximate surface area is 170 Å². The van der Waals surface area contributed by atoms with Gasteiger partial charge in [0.1, 0.15) is 0 Å². The molecule has 2 aromatic rings. The van der Waals surface area contributed by atoms with E-state index in [1.54, 1.807) is 23.1 Å². The van der Waals surface area contributed by atoms with Crippen LogP contribution in [0.2, 0.25) is 0 Å². The summed E-state index contributed by atoms with van der Waals surface area (Å²) in [5.74, 6) is 5.71. The first-order valence-corrected chi connectivity index (χ1v) is 9.46. The van der Waals surface area contributed by atoms with E-state index >= 15 is 0 Å². The van der Waals surface area contributed by atoms with Crippen molar-refractivity contribution in [2.24, 2.45) is 0 Å². The number of morpholine rings is 1. The molecule has 150 valence electrons. The standard InChI is InChI=1S/C23H24N2O4/c1-16-14-25(15-17(2)29-16)23(27)24-21-9-5-7-19(13-21)11-10-18-6-4-8-20(12-18)22(26)28-3/h4-9,12-13,16-17H,14-15H2,1-3H3,(H,24,27)/t16-,17+. The number of esters is 1. The van der Waals surface area contributed by atoms with Crippen molar-refractivity contribution in [2.45, 2.75) is 26.1 Å². The molecule has 6 heteroatoms. The van der Waals surface area contributed by atoms with E-state index in [-0.39, 0.29) is 18.2 Å². The summed E-state index contributed by atoms with van der Waals surface area (Å²) in [5.41, 5.74) is 2.60. The first-order valence-electron chi connectivity index (χ1n) is 9.46. The van der Waals surface area contributed by atoms with Crippen LogP contribution in [0.25, 0.3) is 0 Å². The first kappa shape index (κ1) is 20.4. The highest BCUT2D eigenvalue weighted by atomic mass is 16.5. The van der Waals surface area contributed by atoms with Crippen LogP contribution in [0.4, 0.5) is 10.5 Å². The average molecular weight is 392 g/mol. The number of hydrogen-bond acceptors (Lipinski definition) is 4. The molecule has 0 radical (unpaired) electrons. The lowest BCUT2D eigenvalue weighted by Crippen LogP contribution is -2.49. The number of nitrogens with one attached hydrogen (secondary N) is 1. The van der Waals surface area contributed by atoms with Crippen LogP contribution in [0.5, 0.6) is 0 Å². The molecule has 1 saturated heterocycles. The lowest BCUT2D eigenvalue weighted by atomic mass is 10.1. The number of benzene rings is 2. The Morgan fingerprint density at radius 2 is 1.66 bits per heavy atom. The summed E-state index contributed by atoms with van der Waals surface area (Å²) in [5, 5.41) is 2.93. The zero-order chi connectivity index (χ0) is 20.8. The van der Waals surface area contributed by atoms with Crippen molar-refractivity contribution in [2.75, 3.05) is 25.5 Å². The largest absolute Gasteiger partial charge is 0.465 e. The van der Waals surface area contributed by atoms with Gasteiger partial charge in [0, 0.05) is 29.9 Å². The van der Waals surface area contributed by atoms with E-state index in [0.29, 0.717) is 29.9 Å². The van der Waals surface area contributed by atoms with Crippen molar-refractivity contribution < 1.29 is 19.1 Å². The Bertz CT molecular complexity index is 951. The average Bonchev–Trinajstić information content (AvgIpc) is 2.71. The van der Waals surface area contributed by atoms with Gasteiger partial charge in [0.25, 0.3) is 0 Å². The van der Waals surface area contributed by atoms with Crippen molar-refractivity contribution in [3.63, 3.8) is 0 Å². The summed E-state index contributed by atoms with van der Waals surface area (Å²) in [6, 6.07) is 14.2. The molecule has 1 aliphatic heterocycles. The summed E-state index contributed by atoms with van der Waals surface area (Å²) in [4.78, 5) is 26.0. The number of urea groups is 1. The van der Waals surface area contributed by atoms with Crippen molar-refractivity contribution >= 4 is 17.7 Å². The number of nitrogens with zero attached hydrogens (tertiary/aromatic N) is 1. The number of rotatable bonds is 2. The number of anilines is 1. The predicted molar refractivity (Wildman–Crippen MR) is 111 cm³/mol. The predicted octanol–water partition coefficient (Wildman–Crippen LogP) is 3.51. The van der Waals surface area contributed by atoms with E-state index in [0.717, 1.165) is 5.56 Å². The second-order valence-electron chi connectivity index (χ2n) is 7.00. The Hall–Kier alpha value is -3.30. The van der Waals surface area contributed by atoms with Crippen molar-refractivity contribution in [1.82, 2.24) is 4.90 Å². The minimum absolute atomic E-state index is 0.0162. The third kappa shape index (κ3) is 5.59. The van der Waals surface area contributed by atoms with Gasteiger partial charge < -0.3 is 19.7 Å². The fraction of sp³-hybridized carbons (Fsp3) is 0.304. The molecule has 0 aliphatic carbocycles. The normalized spacial score (nSPS) is 18.4. The highest BCUT2D eigenvalue weighted by Gasteiger charge is 2.25. The molecule has 1 fully saturated rings. The topological polar surface area (TPSA) is 67.9 Å². The molecule has 0 bridgehead atoms. The zero-order valence-corrected chi connectivity index (χ0v) is 16.8. The number of hydrogen-bond donors (Lipinski definition) is 1. The van der Waals surface area contributed by atoms with Gasteiger partial charge in [-0.1, -0.05) is 24.0 Å². The summed E-state index contributed by atoms with van der Waals surface area (Å²) in [6.07, 6.45) is 0.0323. The molecular formula is C23H24N2O4. The Kier molecular flexibility index (Phi) is 6.53. The first-order chi connectivity index (χ1) is 13.9. The summed E-state index contributed by atoms with van der Waals surface area (Å²) >= 11 is 0. The zero-order valence-electron chi connectivity index (χ0n) is 16.8. The molecule has 2 atom stereocenters. The van der Waals surface area contributed by atoms with Crippen LogP contribution in [0.1, 0.15) is 35.3 Å². The minimum Gasteiger partial charge on any atom is -0.465 e. The number of carbonyl (C=O) groups is 2. The van der Waals surface area contributed by atoms with Crippen LogP contribution in [-0.2, 0) is 9.47 Å². The Morgan fingerprint density at radius 1 is 1.03 bits per heavy atom. The Balaban J connectivity index is 1.70. The lowest BCUT2D eigenvalue weighted by molar-refractivity contribution is -0.0530. The number of ether oxygens (including phenoxy) is 2. The van der Waals surface area contributed by atoms with Gasteiger partial charge in [0.2, 0.25) is 0 Å². The van der Waals surface area contributed by atoms with Gasteiger partial charge in [0.05, 0.1) is 24.9 Å². The molecular weight excluding hydrogens is 368 g/mol. The van der Waals surface area contributed by atoms with Crippen LogP contribution in [0, 0.1) is 11.8 Å². The van der Waals surface area contributed by atoms with Gasteiger partial charge in [-0.15, -0.1) is 0 Å². The van der Waals surface area contributed by atoms with Gasteiger partial charge in [-0.3, -0.25) is 0 Å². The number of amides is 2. The third-order valence-electron chi connectivity index (χ3n) is 4.46. The maximum atomic E-state index is 12.6. The van der Waals surface area contributed by atoms with Crippen molar-refractivity contribution in [3.8, 4) is 11.8 Å². The maximum absolute atomic E-state index is 12.6. The molecule has 29 heavy (non-hydrogen) atoms. The second kappa shape index (κ2) is 9.26. The molecule has 2 aromatic carbocycles. The highest BCUT2D eigenvalue weighted by molar-refractivity contribution is 5.90. The van der Waals surface area contributed by atoms with E-state index in [1.165, 1.54) is 7.11 Å². The fourth-order valence-electron chi connectivity index (χ4n) is 3.21. The minimum atomic E-state index is -0.398. The third-order valence-corrected chi connectivity index (χ3v) is 4.46. The van der Waals surface area contributed by atoms with E-state index in [4.69, 9.17) is 9.47 Å². The van der Waals surface area contributed by atoms with Gasteiger partial charge in [-0.25, -0.2) is 9.59 Å². The smallest absolute Gasteiger partial charge is 0.337 e. The number of carbonyl (C=O) groups excluding carboxylic acids is 2. The summed E-state index contributed by atoms with van der Waals surface area (Å²) in [7, 11) is 1.35. The van der Waals surface area contributed by atoms with Gasteiger partial charge in [0.15, 0.2) is 0 Å². The van der Waals surface area contributed by atoms with Gasteiger partial charge in [-0.2, -0.15) is 0 Å². The number of methoxy groups -OCH3 is 1. The second-order valence-corrected chi connectivity index (χ2v) is 7.00. The molecule has 0 unspecified atom stereocenters. The monoisotopic (exact) mass is 392 g/mol. The molecule has 1 N–H and O–H groups in total. The van der Waals surface area contributed by atoms with Gasteiger partial charge in [-0.05, 0) is 50.2 Å². The SMILES string of the molecule is COC(=O)c1cccc(C#Cc2cccc(NC(=O)N3C[C@@H](C)O[C@@H](C)C3)c2)c1. The van der Waals surface area contributed by atoms with Crippen LogP contribution in [-0.4, -0.2) is 49.3 Å². The Morgan fingerprint density at radius 3 is 2.31 bits per heavy atom. The quantitative estimate of drug-likeness (QED) is 0.627. The van der Waals surface area contributed by atoms with E-state index in [2.05, 4.69) is 17.2 Å². The van der Waals surface area contributed by atoms with Crippen molar-refractivity contribution in [3.05, 3.63) is 65.2 Å². The van der Waals surface area contributed by atoms with Crippen LogP contribution in [0.15, 0.2) is 48.5 Å². The molecule has 2 amide bonds. The highest BCUT2D eigenvalue weighted by Crippen LogP contribution is 2.15.